The number of rotatable bonds is 6. The number of aromatic nitrogens is 3. The molecule has 1 heterocycles. The van der Waals surface area contributed by atoms with E-state index in [-0.39, 0.29) is 5.41 Å². The van der Waals surface area contributed by atoms with E-state index in [1.165, 1.54) is 65.1 Å². The largest absolute Gasteiger partial charge is 0.208 e. The molecule has 4 bridgehead atoms. The van der Waals surface area contributed by atoms with Crippen LogP contribution in [0.25, 0.3) is 89.4 Å². The van der Waals surface area contributed by atoms with Gasteiger partial charge in [-0.25, -0.2) is 15.0 Å². The molecule has 1 spiro atoms. The summed E-state index contributed by atoms with van der Waals surface area (Å²) in [5.74, 6) is 5.22. The summed E-state index contributed by atoms with van der Waals surface area (Å²) >= 11 is 0. The lowest BCUT2D eigenvalue weighted by Gasteiger charge is -2.61. The topological polar surface area (TPSA) is 38.7 Å². The first-order chi connectivity index (χ1) is 30.7. The average Bonchev–Trinajstić information content (AvgIpc) is 3.64. The summed E-state index contributed by atoms with van der Waals surface area (Å²) < 4.78 is 0. The first-order valence-corrected chi connectivity index (χ1v) is 22.5. The molecule has 8 aromatic carbocycles. The Morgan fingerprint density at radius 2 is 0.887 bits per heavy atom. The summed E-state index contributed by atoms with van der Waals surface area (Å²) in [5.41, 5.74) is 16.1. The molecule has 14 rings (SSSR count). The Morgan fingerprint density at radius 1 is 0.339 bits per heavy atom. The summed E-state index contributed by atoms with van der Waals surface area (Å²) in [7, 11) is 0. The lowest BCUT2D eigenvalue weighted by atomic mass is 9.43. The van der Waals surface area contributed by atoms with Crippen molar-refractivity contribution >= 4 is 10.8 Å². The zero-order chi connectivity index (χ0) is 40.8. The molecule has 1 aromatic heterocycles. The molecule has 296 valence electrons. The van der Waals surface area contributed by atoms with Gasteiger partial charge >= 0.3 is 0 Å². The van der Waals surface area contributed by atoms with Gasteiger partial charge in [0, 0.05) is 22.1 Å². The minimum Gasteiger partial charge on any atom is -0.208 e. The van der Waals surface area contributed by atoms with Gasteiger partial charge in [0.15, 0.2) is 17.5 Å². The second-order valence-corrected chi connectivity index (χ2v) is 18.4. The van der Waals surface area contributed by atoms with Crippen molar-refractivity contribution in [2.24, 2.45) is 23.7 Å². The van der Waals surface area contributed by atoms with Crippen LogP contribution in [0.15, 0.2) is 188 Å². The van der Waals surface area contributed by atoms with Crippen LogP contribution in [-0.2, 0) is 5.41 Å². The Hall–Kier alpha value is -6.97. The van der Waals surface area contributed by atoms with Gasteiger partial charge in [0.05, 0.1) is 0 Å². The molecule has 0 aliphatic heterocycles. The van der Waals surface area contributed by atoms with E-state index in [1.807, 2.05) is 18.2 Å². The van der Waals surface area contributed by atoms with Crippen LogP contribution < -0.4 is 0 Å². The third kappa shape index (κ3) is 5.47. The van der Waals surface area contributed by atoms with E-state index in [2.05, 4.69) is 170 Å². The second-order valence-electron chi connectivity index (χ2n) is 18.4. The van der Waals surface area contributed by atoms with Gasteiger partial charge in [-0.15, -0.1) is 0 Å². The van der Waals surface area contributed by atoms with Gasteiger partial charge in [-0.2, -0.15) is 0 Å². The van der Waals surface area contributed by atoms with Crippen LogP contribution in [-0.4, -0.2) is 15.0 Å². The molecule has 0 amide bonds. The molecular weight excluding hydrogens is 751 g/mol. The molecular formula is C59H45N3. The molecule has 3 heteroatoms. The number of nitrogens with zero attached hydrogens (tertiary/aromatic N) is 3. The second kappa shape index (κ2) is 14.0. The normalized spacial score (nSPS) is 21.6. The zero-order valence-electron chi connectivity index (χ0n) is 34.6. The fraction of sp³-hybridized carbons (Fsp3) is 0.169. The number of fused-ring (bicyclic) bond motifs is 5. The fourth-order valence-electron chi connectivity index (χ4n) is 12.8. The van der Waals surface area contributed by atoms with E-state index in [4.69, 9.17) is 15.0 Å². The van der Waals surface area contributed by atoms with Crippen LogP contribution in [0.4, 0.5) is 0 Å². The van der Waals surface area contributed by atoms with E-state index in [9.17, 15) is 0 Å². The summed E-state index contributed by atoms with van der Waals surface area (Å²) in [6.07, 6.45) is 6.97. The van der Waals surface area contributed by atoms with E-state index in [0.717, 1.165) is 62.6 Å². The molecule has 62 heavy (non-hydrogen) atoms. The van der Waals surface area contributed by atoms with Gasteiger partial charge in [-0.3, -0.25) is 0 Å². The number of hydrogen-bond donors (Lipinski definition) is 0. The lowest BCUT2D eigenvalue weighted by molar-refractivity contribution is -0.0399. The van der Waals surface area contributed by atoms with Crippen molar-refractivity contribution in [3.05, 3.63) is 199 Å². The molecule has 0 atom stereocenters. The molecule has 0 unspecified atom stereocenters. The average molecular weight is 796 g/mol. The highest BCUT2D eigenvalue weighted by Gasteiger charge is 2.61. The van der Waals surface area contributed by atoms with Gasteiger partial charge in [-0.1, -0.05) is 176 Å². The highest BCUT2D eigenvalue weighted by molar-refractivity contribution is 6.04. The van der Waals surface area contributed by atoms with Crippen LogP contribution in [0.2, 0.25) is 0 Å². The maximum absolute atomic E-state index is 5.29. The lowest BCUT2D eigenvalue weighted by Crippen LogP contribution is -2.55. The molecule has 0 N–H and O–H groups in total. The van der Waals surface area contributed by atoms with E-state index in [1.54, 1.807) is 11.1 Å². The summed E-state index contributed by atoms with van der Waals surface area (Å²) in [6.45, 7) is 0. The van der Waals surface area contributed by atoms with E-state index in [0.29, 0.717) is 17.5 Å². The van der Waals surface area contributed by atoms with Gasteiger partial charge in [-0.05, 0) is 134 Å². The zero-order valence-corrected chi connectivity index (χ0v) is 34.6. The van der Waals surface area contributed by atoms with Crippen LogP contribution in [0.5, 0.6) is 0 Å². The predicted octanol–water partition coefficient (Wildman–Crippen LogP) is 14.7. The van der Waals surface area contributed by atoms with Gasteiger partial charge in [0.2, 0.25) is 0 Å². The number of hydrogen-bond acceptors (Lipinski definition) is 3. The monoisotopic (exact) mass is 795 g/mol. The van der Waals surface area contributed by atoms with Crippen molar-refractivity contribution < 1.29 is 0 Å². The highest BCUT2D eigenvalue weighted by atomic mass is 15.0. The molecule has 3 nitrogen and oxygen atoms in total. The maximum atomic E-state index is 5.29. The van der Waals surface area contributed by atoms with Crippen molar-refractivity contribution in [3.8, 4) is 78.7 Å². The Labute approximate surface area is 363 Å². The van der Waals surface area contributed by atoms with Crippen molar-refractivity contribution in [2.45, 2.75) is 37.5 Å². The summed E-state index contributed by atoms with van der Waals surface area (Å²) in [5, 5.41) is 2.72. The van der Waals surface area contributed by atoms with Gasteiger partial charge in [0.25, 0.3) is 0 Å². The highest BCUT2D eigenvalue weighted by Crippen LogP contribution is 2.70. The smallest absolute Gasteiger partial charge is 0.164 e. The van der Waals surface area contributed by atoms with Crippen molar-refractivity contribution in [3.63, 3.8) is 0 Å². The Balaban J connectivity index is 0.973. The molecule has 0 radical (unpaired) electrons. The van der Waals surface area contributed by atoms with Crippen LogP contribution >= 0.6 is 0 Å². The van der Waals surface area contributed by atoms with Crippen LogP contribution in [0.1, 0.15) is 43.2 Å². The summed E-state index contributed by atoms with van der Waals surface area (Å²) in [6, 6.07) is 68.4. The predicted molar refractivity (Wildman–Crippen MR) is 253 cm³/mol. The molecule has 0 saturated heterocycles. The quantitative estimate of drug-likeness (QED) is 0.168. The third-order valence-electron chi connectivity index (χ3n) is 15.1. The van der Waals surface area contributed by atoms with Crippen molar-refractivity contribution in [1.29, 1.82) is 0 Å². The van der Waals surface area contributed by atoms with Crippen LogP contribution in [0.3, 0.4) is 0 Å². The van der Waals surface area contributed by atoms with Crippen molar-refractivity contribution in [2.75, 3.05) is 0 Å². The Kier molecular flexibility index (Phi) is 8.10. The third-order valence-corrected chi connectivity index (χ3v) is 15.1. The molecule has 4 saturated carbocycles. The van der Waals surface area contributed by atoms with Gasteiger partial charge in [0.1, 0.15) is 0 Å². The standard InChI is InChI=1S/C59H45N3/c1-3-14-39(15-4-1)42-19-13-20-44(35-42)57-60-56(41-17-5-2-6-18-41)61-58(62-57)51-25-12-11-24-50(51)49-23-10-9-21-47(49)43-27-28-53-52(36-43)55-48-22-8-7-16-40(48)26-29-54(55)59(53)45-31-37-30-38(33-45)34-46(59)32-37/h1-29,35-38,45-46H,30-34H2. The van der Waals surface area contributed by atoms with E-state index < -0.39 is 0 Å². The van der Waals surface area contributed by atoms with E-state index >= 15 is 0 Å². The minimum atomic E-state index is 0.111. The maximum Gasteiger partial charge on any atom is 0.164 e. The Bertz CT molecular complexity index is 3180. The molecule has 5 aliphatic carbocycles. The Morgan fingerprint density at radius 3 is 1.63 bits per heavy atom. The minimum absolute atomic E-state index is 0.111. The fourth-order valence-corrected chi connectivity index (χ4v) is 12.8. The summed E-state index contributed by atoms with van der Waals surface area (Å²) in [4.78, 5) is 15.6. The molecule has 9 aromatic rings. The van der Waals surface area contributed by atoms with Crippen molar-refractivity contribution in [1.82, 2.24) is 15.0 Å². The first-order valence-electron chi connectivity index (χ1n) is 22.5. The van der Waals surface area contributed by atoms with Crippen LogP contribution in [0, 0.1) is 23.7 Å². The molecule has 5 aliphatic rings. The first kappa shape index (κ1) is 35.8. The van der Waals surface area contributed by atoms with Gasteiger partial charge < -0.3 is 0 Å². The number of benzene rings is 8. The molecule has 4 fully saturated rings. The SMILES string of the molecule is c1ccc(-c2cccc(-c3nc(-c4ccccc4)nc(-c4ccccc4-c4ccccc4-c4ccc5c(c4)-c4c(ccc6ccccc46)C54C5CC6CC(C5)CC4C6)n3)c2)cc1.